The van der Waals surface area contributed by atoms with Crippen molar-refractivity contribution in [3.8, 4) is 24.1 Å². The molecule has 3 nitrogen and oxygen atoms in total. The molecule has 0 radical (unpaired) electrons. The van der Waals surface area contributed by atoms with Crippen molar-refractivity contribution in [2.24, 2.45) is 0 Å². The highest BCUT2D eigenvalue weighted by molar-refractivity contribution is 4.86. The van der Waals surface area contributed by atoms with Crippen molar-refractivity contribution >= 4 is 0 Å². The lowest BCUT2D eigenvalue weighted by atomic mass is 10.1. The maximum absolute atomic E-state index is 5.09. The molecule has 0 atom stereocenters. The van der Waals surface area contributed by atoms with E-state index in [0.717, 1.165) is 6.42 Å². The van der Waals surface area contributed by atoms with Gasteiger partial charge in [-0.2, -0.15) is 0 Å². The van der Waals surface area contributed by atoms with Crippen LogP contribution in [0.5, 0.6) is 0 Å². The van der Waals surface area contributed by atoms with Crippen LogP contribution in [0.1, 0.15) is 65.7 Å². The number of unbranched alkanes of at least 4 members (excludes halogenated alkanes) is 6. The number of hydrogen-bond acceptors (Lipinski definition) is 3. The van der Waals surface area contributed by atoms with Crippen LogP contribution in [-0.4, -0.2) is 11.8 Å². The maximum atomic E-state index is 5.09. The molecule has 0 aliphatic carbocycles. The van der Waals surface area contributed by atoms with Crippen molar-refractivity contribution in [1.29, 1.82) is 0 Å². The molecule has 0 aliphatic heterocycles. The Hall–Kier alpha value is -1.32. The topological polar surface area (TPSA) is 21.7 Å². The summed E-state index contributed by atoms with van der Waals surface area (Å²) < 4.78 is 0. The standard InChI is InChI=1S/C15H25NO2/c1-4-7-8-9-10-11-12-13-16(17-14-5-2)18-15-6-3/h4,7-13H2,1-3H3. The van der Waals surface area contributed by atoms with Crippen molar-refractivity contribution in [3.63, 3.8) is 0 Å². The summed E-state index contributed by atoms with van der Waals surface area (Å²) in [6, 6.07) is 0. The summed E-state index contributed by atoms with van der Waals surface area (Å²) in [5.41, 5.74) is 0. The van der Waals surface area contributed by atoms with Gasteiger partial charge in [0.2, 0.25) is 0 Å². The monoisotopic (exact) mass is 251 g/mol. The summed E-state index contributed by atoms with van der Waals surface area (Å²) >= 11 is 0. The van der Waals surface area contributed by atoms with E-state index in [4.69, 9.17) is 9.68 Å². The van der Waals surface area contributed by atoms with E-state index >= 15 is 0 Å². The predicted octanol–water partition coefficient (Wildman–Crippen LogP) is 3.86. The van der Waals surface area contributed by atoms with Crippen LogP contribution in [-0.2, 0) is 9.68 Å². The van der Waals surface area contributed by atoms with Gasteiger partial charge in [0.05, 0.1) is 6.54 Å². The molecular formula is C15H25NO2. The predicted molar refractivity (Wildman–Crippen MR) is 73.8 cm³/mol. The fourth-order valence-electron chi connectivity index (χ4n) is 1.50. The molecule has 0 heterocycles. The fourth-order valence-corrected chi connectivity index (χ4v) is 1.50. The van der Waals surface area contributed by atoms with E-state index in [2.05, 4.69) is 31.0 Å². The number of rotatable bonds is 10. The van der Waals surface area contributed by atoms with Gasteiger partial charge < -0.3 is 9.68 Å². The van der Waals surface area contributed by atoms with Crippen LogP contribution in [0.25, 0.3) is 0 Å². The van der Waals surface area contributed by atoms with Gasteiger partial charge in [0.1, 0.15) is 12.2 Å². The smallest absolute Gasteiger partial charge is 0.142 e. The van der Waals surface area contributed by atoms with Gasteiger partial charge in [0.15, 0.2) is 0 Å². The van der Waals surface area contributed by atoms with E-state index in [-0.39, 0.29) is 0 Å². The zero-order valence-electron chi connectivity index (χ0n) is 11.9. The second kappa shape index (κ2) is 13.7. The molecule has 0 aliphatic rings. The van der Waals surface area contributed by atoms with Crippen molar-refractivity contribution < 1.29 is 9.68 Å². The summed E-state index contributed by atoms with van der Waals surface area (Å²) in [7, 11) is 0. The lowest BCUT2D eigenvalue weighted by Gasteiger charge is -2.13. The fraction of sp³-hybridized carbons (Fsp3) is 0.733. The van der Waals surface area contributed by atoms with Crippen molar-refractivity contribution in [2.45, 2.75) is 65.7 Å². The third-order valence-corrected chi connectivity index (χ3v) is 2.44. The lowest BCUT2D eigenvalue weighted by molar-refractivity contribution is -0.297. The molecule has 0 rings (SSSR count). The zero-order chi connectivity index (χ0) is 13.5. The van der Waals surface area contributed by atoms with Crippen LogP contribution >= 0.6 is 0 Å². The van der Waals surface area contributed by atoms with E-state index in [1.165, 1.54) is 43.8 Å². The largest absolute Gasteiger partial charge is 0.317 e. The molecule has 0 aromatic heterocycles. The van der Waals surface area contributed by atoms with Crippen LogP contribution in [0.2, 0.25) is 0 Å². The highest BCUT2D eigenvalue weighted by Gasteiger charge is 2.04. The van der Waals surface area contributed by atoms with Crippen LogP contribution in [0.4, 0.5) is 0 Å². The first-order valence-electron chi connectivity index (χ1n) is 6.80. The molecule has 0 amide bonds. The minimum Gasteiger partial charge on any atom is -0.317 e. The molecule has 0 bridgehead atoms. The van der Waals surface area contributed by atoms with Crippen LogP contribution < -0.4 is 0 Å². The minimum absolute atomic E-state index is 0.692. The molecule has 0 fully saturated rings. The Morgan fingerprint density at radius 3 is 1.78 bits per heavy atom. The third kappa shape index (κ3) is 11.2. The summed E-state index contributed by atoms with van der Waals surface area (Å²) in [5, 5.41) is 1.35. The summed E-state index contributed by atoms with van der Waals surface area (Å²) in [4.78, 5) is 10.2. The van der Waals surface area contributed by atoms with Crippen molar-refractivity contribution in [3.05, 3.63) is 0 Å². The van der Waals surface area contributed by atoms with Crippen LogP contribution in [0.15, 0.2) is 0 Å². The normalized spacial score (nSPS) is 9.11. The Bertz CT molecular complexity index is 271. The van der Waals surface area contributed by atoms with Gasteiger partial charge in [0.25, 0.3) is 0 Å². The highest BCUT2D eigenvalue weighted by Crippen LogP contribution is 2.07. The van der Waals surface area contributed by atoms with Crippen LogP contribution in [0.3, 0.4) is 0 Å². The molecular weight excluding hydrogens is 226 g/mol. The minimum atomic E-state index is 0.692. The van der Waals surface area contributed by atoms with Gasteiger partial charge in [-0.15, -0.1) is 0 Å². The van der Waals surface area contributed by atoms with Gasteiger partial charge in [-0.05, 0) is 6.42 Å². The first-order valence-corrected chi connectivity index (χ1v) is 6.80. The Morgan fingerprint density at radius 2 is 1.28 bits per heavy atom. The third-order valence-electron chi connectivity index (χ3n) is 2.44. The maximum Gasteiger partial charge on any atom is 0.142 e. The molecule has 18 heavy (non-hydrogen) atoms. The Balaban J connectivity index is 3.60. The highest BCUT2D eigenvalue weighted by atomic mass is 16.9. The molecule has 0 aromatic carbocycles. The van der Waals surface area contributed by atoms with Gasteiger partial charge in [0, 0.05) is 19.1 Å². The van der Waals surface area contributed by atoms with Gasteiger partial charge in [-0.3, -0.25) is 0 Å². The molecule has 0 saturated carbocycles. The summed E-state index contributed by atoms with van der Waals surface area (Å²) in [6.45, 7) is 6.36. The Morgan fingerprint density at radius 1 is 0.778 bits per heavy atom. The molecule has 102 valence electrons. The first kappa shape index (κ1) is 16.7. The molecule has 3 heteroatoms. The van der Waals surface area contributed by atoms with Crippen molar-refractivity contribution in [1.82, 2.24) is 5.23 Å². The Labute approximate surface area is 112 Å². The molecule has 0 N–H and O–H groups in total. The van der Waals surface area contributed by atoms with E-state index < -0.39 is 0 Å². The second-order valence-electron chi connectivity index (χ2n) is 4.06. The van der Waals surface area contributed by atoms with E-state index in [1.807, 2.05) is 0 Å². The van der Waals surface area contributed by atoms with E-state index in [9.17, 15) is 0 Å². The zero-order valence-corrected chi connectivity index (χ0v) is 11.9. The summed E-state index contributed by atoms with van der Waals surface area (Å²) in [6.07, 6.45) is 13.8. The Kier molecular flexibility index (Phi) is 12.7. The average molecular weight is 251 g/mol. The van der Waals surface area contributed by atoms with Gasteiger partial charge in [-0.1, -0.05) is 57.3 Å². The summed E-state index contributed by atoms with van der Waals surface area (Å²) in [5.74, 6) is 5.31. The van der Waals surface area contributed by atoms with E-state index in [1.54, 1.807) is 13.8 Å². The number of nitrogens with zero attached hydrogens (tertiary/aromatic N) is 1. The van der Waals surface area contributed by atoms with Crippen molar-refractivity contribution in [2.75, 3.05) is 6.54 Å². The SMILES string of the molecule is CC#CON(CCCCCCCCC)OC#CC. The molecule has 0 aromatic rings. The number of hydroxylamine groups is 2. The molecule has 0 spiro atoms. The second-order valence-corrected chi connectivity index (χ2v) is 4.06. The average Bonchev–Trinajstić information content (AvgIpc) is 2.40. The molecule has 0 saturated heterocycles. The molecule has 0 unspecified atom stereocenters. The number of hydrogen-bond donors (Lipinski definition) is 0. The van der Waals surface area contributed by atoms with Gasteiger partial charge >= 0.3 is 0 Å². The quantitative estimate of drug-likeness (QED) is 0.334. The lowest BCUT2D eigenvalue weighted by Crippen LogP contribution is -2.21. The van der Waals surface area contributed by atoms with Gasteiger partial charge in [-0.25, -0.2) is 0 Å². The van der Waals surface area contributed by atoms with E-state index in [0.29, 0.717) is 6.54 Å². The van der Waals surface area contributed by atoms with Crippen LogP contribution in [0, 0.1) is 24.1 Å². The first-order chi connectivity index (χ1) is 8.85.